The van der Waals surface area contributed by atoms with Crippen LogP contribution < -0.4 is 10.6 Å². The van der Waals surface area contributed by atoms with Gasteiger partial charge in [-0.15, -0.1) is 0 Å². The van der Waals surface area contributed by atoms with E-state index < -0.39 is 0 Å². The lowest BCUT2D eigenvalue weighted by atomic mass is 9.95. The molecule has 0 radical (unpaired) electrons. The van der Waals surface area contributed by atoms with E-state index in [1.54, 1.807) is 4.52 Å². The third-order valence-electron chi connectivity index (χ3n) is 5.89. The van der Waals surface area contributed by atoms with Gasteiger partial charge in [0.2, 0.25) is 5.95 Å². The van der Waals surface area contributed by atoms with Gasteiger partial charge >= 0.3 is 0 Å². The first-order chi connectivity index (χ1) is 15.5. The summed E-state index contributed by atoms with van der Waals surface area (Å²) in [6.07, 6.45) is 10.5. The first kappa shape index (κ1) is 23.0. The first-order valence-corrected chi connectivity index (χ1v) is 12.1. The van der Waals surface area contributed by atoms with Crippen molar-refractivity contribution in [2.75, 3.05) is 18.4 Å². The van der Waals surface area contributed by atoms with Crippen molar-refractivity contribution in [3.05, 3.63) is 45.3 Å². The molecule has 0 amide bonds. The van der Waals surface area contributed by atoms with Gasteiger partial charge in [-0.2, -0.15) is 14.6 Å². The molecule has 0 atom stereocenters. The molecule has 0 spiro atoms. The van der Waals surface area contributed by atoms with Crippen LogP contribution in [0.5, 0.6) is 0 Å². The minimum atomic E-state index is 0.575. The highest BCUT2D eigenvalue weighted by atomic mass is 35.5. The molecule has 2 N–H and O–H groups in total. The normalized spacial score (nSPS) is 15.2. The summed E-state index contributed by atoms with van der Waals surface area (Å²) in [6, 6.07) is 4.46. The zero-order valence-electron chi connectivity index (χ0n) is 18.9. The van der Waals surface area contributed by atoms with Crippen molar-refractivity contribution < 1.29 is 0 Å². The Hall–Kier alpha value is -2.15. The third-order valence-corrected chi connectivity index (χ3v) is 6.49. The van der Waals surface area contributed by atoms with Gasteiger partial charge in [-0.1, -0.05) is 54.6 Å². The molecule has 0 unspecified atom stereocenters. The number of fused-ring (bicyclic) bond motifs is 1. The molecule has 0 bridgehead atoms. The van der Waals surface area contributed by atoms with E-state index >= 15 is 0 Å². The summed E-state index contributed by atoms with van der Waals surface area (Å²) >= 11 is 13.3. The lowest BCUT2D eigenvalue weighted by Crippen LogP contribution is -2.34. The van der Waals surface area contributed by atoms with E-state index in [1.165, 1.54) is 32.1 Å². The first-order valence-electron chi connectivity index (χ1n) is 11.3. The molecule has 1 fully saturated rings. The predicted octanol–water partition coefficient (Wildman–Crippen LogP) is 6.08. The van der Waals surface area contributed by atoms with Crippen LogP contribution in [-0.4, -0.2) is 38.7 Å². The zero-order valence-corrected chi connectivity index (χ0v) is 20.4. The van der Waals surface area contributed by atoms with E-state index in [2.05, 4.69) is 20.6 Å². The van der Waals surface area contributed by atoms with Crippen molar-refractivity contribution >= 4 is 40.9 Å². The van der Waals surface area contributed by atoms with Gasteiger partial charge in [0.05, 0.1) is 21.3 Å². The van der Waals surface area contributed by atoms with Gasteiger partial charge in [-0.05, 0) is 51.3 Å². The van der Waals surface area contributed by atoms with E-state index in [9.17, 15) is 0 Å². The SMILES string of the molecule is C/C=C/c1cc(Cl)c(-c2c(C)nn3c(NCCNC4CCCCC4)nc(C)nc23)c(Cl)c1. The number of allylic oxidation sites excluding steroid dienone is 1. The summed E-state index contributed by atoms with van der Waals surface area (Å²) in [5.74, 6) is 1.34. The molecular formula is C24H30Cl2N6. The number of halogens is 2. The molecule has 1 aliphatic carbocycles. The molecule has 0 saturated heterocycles. The van der Waals surface area contributed by atoms with Crippen molar-refractivity contribution in [2.45, 2.75) is 58.9 Å². The average molecular weight is 473 g/mol. The number of hydrogen-bond acceptors (Lipinski definition) is 5. The van der Waals surface area contributed by atoms with Gasteiger partial charge in [0.1, 0.15) is 5.82 Å². The van der Waals surface area contributed by atoms with Gasteiger partial charge in [0.25, 0.3) is 0 Å². The van der Waals surface area contributed by atoms with Crippen LogP contribution in [0.15, 0.2) is 18.2 Å². The standard InChI is InChI=1S/C24H30Cl2N6/c1-4-8-17-13-19(25)22(20(26)14-17)21-15(2)31-32-23(21)29-16(3)30-24(32)28-12-11-27-18-9-6-5-7-10-18/h4,8,13-14,18,27H,5-7,9-12H2,1-3H3,(H,28,29,30)/b8-4+. The van der Waals surface area contributed by atoms with E-state index in [1.807, 2.05) is 45.1 Å². The quantitative estimate of drug-likeness (QED) is 0.407. The second-order valence-corrected chi connectivity index (χ2v) is 9.18. The van der Waals surface area contributed by atoms with Crippen molar-refractivity contribution in [3.8, 4) is 11.1 Å². The van der Waals surface area contributed by atoms with Crippen LogP contribution in [0.3, 0.4) is 0 Å². The summed E-state index contributed by atoms with van der Waals surface area (Å²) in [5, 5.41) is 12.9. The van der Waals surface area contributed by atoms with Crippen LogP contribution in [-0.2, 0) is 0 Å². The molecule has 4 rings (SSSR count). The fraction of sp³-hybridized carbons (Fsp3) is 0.458. The molecule has 3 aromatic rings. The summed E-state index contributed by atoms with van der Waals surface area (Å²) < 4.78 is 1.75. The molecule has 170 valence electrons. The summed E-state index contributed by atoms with van der Waals surface area (Å²) in [5.41, 5.74) is 4.04. The molecule has 0 aliphatic heterocycles. The van der Waals surface area contributed by atoms with Gasteiger partial charge in [-0.3, -0.25) is 0 Å². The number of nitrogens with zero attached hydrogens (tertiary/aromatic N) is 4. The Morgan fingerprint density at radius 3 is 2.44 bits per heavy atom. The van der Waals surface area contributed by atoms with Crippen molar-refractivity contribution in [1.29, 1.82) is 0 Å². The van der Waals surface area contributed by atoms with Crippen LogP contribution in [0.25, 0.3) is 22.9 Å². The second kappa shape index (κ2) is 10.2. The fourth-order valence-corrected chi connectivity index (χ4v) is 5.12. The maximum atomic E-state index is 6.67. The van der Waals surface area contributed by atoms with Crippen molar-refractivity contribution in [2.24, 2.45) is 0 Å². The minimum absolute atomic E-state index is 0.575. The Labute approximate surface area is 199 Å². The number of aromatic nitrogens is 4. The number of nitrogens with one attached hydrogen (secondary N) is 2. The Kier molecular flexibility index (Phi) is 7.33. The Morgan fingerprint density at radius 2 is 1.75 bits per heavy atom. The Morgan fingerprint density at radius 1 is 1.03 bits per heavy atom. The molecule has 2 heterocycles. The largest absolute Gasteiger partial charge is 0.353 e. The summed E-state index contributed by atoms with van der Waals surface area (Å²) in [4.78, 5) is 9.27. The van der Waals surface area contributed by atoms with Gasteiger partial charge in [0, 0.05) is 24.7 Å². The summed E-state index contributed by atoms with van der Waals surface area (Å²) in [6.45, 7) is 7.43. The van der Waals surface area contributed by atoms with Crippen LogP contribution >= 0.6 is 23.2 Å². The fourth-order valence-electron chi connectivity index (χ4n) is 4.43. The second-order valence-electron chi connectivity index (χ2n) is 8.37. The highest BCUT2D eigenvalue weighted by Crippen LogP contribution is 2.40. The van der Waals surface area contributed by atoms with Crippen LogP contribution in [0.4, 0.5) is 5.95 Å². The van der Waals surface area contributed by atoms with Gasteiger partial charge in [-0.25, -0.2) is 4.98 Å². The lowest BCUT2D eigenvalue weighted by molar-refractivity contribution is 0.378. The predicted molar refractivity (Wildman–Crippen MR) is 134 cm³/mol. The minimum Gasteiger partial charge on any atom is -0.353 e. The zero-order chi connectivity index (χ0) is 22.7. The number of aryl methyl sites for hydroxylation is 2. The Bertz CT molecular complexity index is 1110. The maximum Gasteiger partial charge on any atom is 0.227 e. The van der Waals surface area contributed by atoms with Crippen LogP contribution in [0, 0.1) is 13.8 Å². The molecule has 8 heteroatoms. The van der Waals surface area contributed by atoms with E-state index in [-0.39, 0.29) is 0 Å². The molecule has 2 aromatic heterocycles. The van der Waals surface area contributed by atoms with Gasteiger partial charge < -0.3 is 10.6 Å². The highest BCUT2D eigenvalue weighted by Gasteiger charge is 2.21. The maximum absolute atomic E-state index is 6.67. The van der Waals surface area contributed by atoms with Gasteiger partial charge in [0.15, 0.2) is 5.65 Å². The number of hydrogen-bond donors (Lipinski definition) is 2. The summed E-state index contributed by atoms with van der Waals surface area (Å²) in [7, 11) is 0. The lowest BCUT2D eigenvalue weighted by Gasteiger charge is -2.22. The molecule has 1 saturated carbocycles. The Balaban J connectivity index is 1.62. The van der Waals surface area contributed by atoms with Crippen molar-refractivity contribution in [1.82, 2.24) is 24.9 Å². The number of anilines is 1. The monoisotopic (exact) mass is 472 g/mol. The number of rotatable bonds is 7. The van der Waals surface area contributed by atoms with E-state index in [0.717, 1.165) is 35.5 Å². The van der Waals surface area contributed by atoms with Crippen LogP contribution in [0.2, 0.25) is 10.0 Å². The average Bonchev–Trinajstić information content (AvgIpc) is 3.07. The molecule has 1 aliphatic rings. The van der Waals surface area contributed by atoms with Crippen LogP contribution in [0.1, 0.15) is 56.1 Å². The molecule has 32 heavy (non-hydrogen) atoms. The van der Waals surface area contributed by atoms with Crippen molar-refractivity contribution in [3.63, 3.8) is 0 Å². The van der Waals surface area contributed by atoms with E-state index in [4.69, 9.17) is 28.3 Å². The highest BCUT2D eigenvalue weighted by molar-refractivity contribution is 6.39. The molecule has 6 nitrogen and oxygen atoms in total. The smallest absolute Gasteiger partial charge is 0.227 e. The molecular weight excluding hydrogens is 443 g/mol. The molecule has 1 aromatic carbocycles. The van der Waals surface area contributed by atoms with E-state index in [0.29, 0.717) is 33.5 Å². The number of benzene rings is 1. The topological polar surface area (TPSA) is 67.1 Å². The third kappa shape index (κ3) is 4.92.